The largest absolute Gasteiger partial charge is 0.491 e. The fraction of sp³-hybridized carbons (Fsp3) is 0.234. The van der Waals surface area contributed by atoms with Crippen LogP contribution in [0.5, 0.6) is 11.5 Å². The van der Waals surface area contributed by atoms with Crippen molar-refractivity contribution in [1.82, 2.24) is 0 Å². The molecular formula is C47H52N4O4. The third-order valence-corrected chi connectivity index (χ3v) is 9.80. The molecule has 0 aliphatic rings. The van der Waals surface area contributed by atoms with Crippen molar-refractivity contribution in [3.63, 3.8) is 0 Å². The molecule has 0 spiro atoms. The van der Waals surface area contributed by atoms with E-state index in [1.165, 1.54) is 22.3 Å². The lowest BCUT2D eigenvalue weighted by Crippen LogP contribution is -2.26. The van der Waals surface area contributed by atoms with Gasteiger partial charge in [-0.15, -0.1) is 0 Å². The van der Waals surface area contributed by atoms with Crippen LogP contribution in [0.25, 0.3) is 0 Å². The van der Waals surface area contributed by atoms with Gasteiger partial charge in [-0.2, -0.15) is 0 Å². The summed E-state index contributed by atoms with van der Waals surface area (Å²) >= 11 is 0. The molecule has 0 bridgehead atoms. The Labute approximate surface area is 324 Å². The van der Waals surface area contributed by atoms with Crippen LogP contribution in [0, 0.1) is 0 Å². The Kier molecular flexibility index (Phi) is 13.0. The van der Waals surface area contributed by atoms with Crippen molar-refractivity contribution >= 4 is 22.7 Å². The van der Waals surface area contributed by atoms with Gasteiger partial charge in [0.05, 0.1) is 0 Å². The van der Waals surface area contributed by atoms with Gasteiger partial charge in [0, 0.05) is 41.3 Å². The van der Waals surface area contributed by atoms with Gasteiger partial charge in [-0.05, 0) is 119 Å². The van der Waals surface area contributed by atoms with Crippen LogP contribution >= 0.6 is 0 Å². The van der Waals surface area contributed by atoms with Crippen LogP contribution in [0.4, 0.5) is 22.7 Å². The van der Waals surface area contributed by atoms with E-state index >= 15 is 0 Å². The van der Waals surface area contributed by atoms with Crippen molar-refractivity contribution in [3.05, 3.63) is 179 Å². The van der Waals surface area contributed by atoms with Crippen LogP contribution in [0.2, 0.25) is 0 Å². The molecule has 0 saturated heterocycles. The zero-order chi connectivity index (χ0) is 38.6. The smallest absolute Gasteiger partial charge is 0.119 e. The van der Waals surface area contributed by atoms with Gasteiger partial charge in [0.1, 0.15) is 36.9 Å². The SMILES string of the molecule is CC(C)(c1ccc(OCC(O)CNc2ccc(Cc3ccc(N)cc3)cc2)cc1)c1ccc(OCC(O)CNc2ccc(Cc3ccc(N)cc3)cc2)cc1. The van der Waals surface area contributed by atoms with Crippen LogP contribution in [0.1, 0.15) is 47.2 Å². The summed E-state index contributed by atoms with van der Waals surface area (Å²) in [5, 5.41) is 27.7. The number of aliphatic hydroxyl groups excluding tert-OH is 2. The number of benzene rings is 6. The lowest BCUT2D eigenvalue weighted by molar-refractivity contribution is 0.117. The maximum Gasteiger partial charge on any atom is 0.119 e. The number of anilines is 4. The third kappa shape index (κ3) is 11.5. The van der Waals surface area contributed by atoms with Gasteiger partial charge in [0.15, 0.2) is 0 Å². The summed E-state index contributed by atoms with van der Waals surface area (Å²) in [6.07, 6.45) is 0.329. The van der Waals surface area contributed by atoms with Crippen molar-refractivity contribution < 1.29 is 19.7 Å². The molecule has 6 rings (SSSR count). The minimum Gasteiger partial charge on any atom is -0.491 e. The summed E-state index contributed by atoms with van der Waals surface area (Å²) in [4.78, 5) is 0. The van der Waals surface area contributed by atoms with E-state index in [9.17, 15) is 10.2 Å². The van der Waals surface area contributed by atoms with Gasteiger partial charge < -0.3 is 41.8 Å². The van der Waals surface area contributed by atoms with Gasteiger partial charge >= 0.3 is 0 Å². The Hall–Kier alpha value is -5.96. The van der Waals surface area contributed by atoms with Crippen LogP contribution in [-0.4, -0.2) is 48.7 Å². The normalized spacial score (nSPS) is 12.4. The molecule has 0 saturated carbocycles. The predicted molar refractivity (Wildman–Crippen MR) is 225 cm³/mol. The fourth-order valence-corrected chi connectivity index (χ4v) is 6.30. The molecule has 8 nitrogen and oxygen atoms in total. The van der Waals surface area contributed by atoms with Gasteiger partial charge in [0.2, 0.25) is 0 Å². The summed E-state index contributed by atoms with van der Waals surface area (Å²) in [6, 6.07) is 48.3. The van der Waals surface area contributed by atoms with Crippen LogP contribution < -0.4 is 31.6 Å². The van der Waals surface area contributed by atoms with Crippen LogP contribution in [0.15, 0.2) is 146 Å². The Bertz CT molecular complexity index is 1900. The highest BCUT2D eigenvalue weighted by Crippen LogP contribution is 2.33. The number of aliphatic hydroxyl groups is 2. The number of nitrogens with two attached hydrogens (primary N) is 2. The van der Waals surface area contributed by atoms with E-state index < -0.39 is 12.2 Å². The summed E-state index contributed by atoms with van der Waals surface area (Å²) < 4.78 is 11.8. The molecule has 2 atom stereocenters. The quantitative estimate of drug-likeness (QED) is 0.0488. The molecule has 0 fully saturated rings. The van der Waals surface area contributed by atoms with Gasteiger partial charge in [-0.25, -0.2) is 0 Å². The molecular weight excluding hydrogens is 685 g/mol. The molecule has 0 radical (unpaired) electrons. The second kappa shape index (κ2) is 18.4. The zero-order valence-corrected chi connectivity index (χ0v) is 31.6. The van der Waals surface area contributed by atoms with Crippen molar-refractivity contribution in [3.8, 4) is 11.5 Å². The minimum absolute atomic E-state index is 0.177. The van der Waals surface area contributed by atoms with Gasteiger partial charge in [-0.1, -0.05) is 86.6 Å². The van der Waals surface area contributed by atoms with E-state index in [1.54, 1.807) is 0 Å². The molecule has 6 aromatic carbocycles. The molecule has 0 heterocycles. The molecule has 8 heteroatoms. The zero-order valence-electron chi connectivity index (χ0n) is 31.6. The highest BCUT2D eigenvalue weighted by Gasteiger charge is 2.23. The molecule has 0 aromatic heterocycles. The molecule has 6 aromatic rings. The summed E-state index contributed by atoms with van der Waals surface area (Å²) in [6.45, 7) is 5.46. The van der Waals surface area contributed by atoms with E-state index in [-0.39, 0.29) is 18.6 Å². The fourth-order valence-electron chi connectivity index (χ4n) is 6.30. The van der Waals surface area contributed by atoms with Gasteiger partial charge in [0.25, 0.3) is 0 Å². The van der Waals surface area contributed by atoms with E-state index in [0.29, 0.717) is 24.6 Å². The van der Waals surface area contributed by atoms with E-state index in [4.69, 9.17) is 20.9 Å². The van der Waals surface area contributed by atoms with Crippen molar-refractivity contribution in [2.45, 2.75) is 44.3 Å². The lowest BCUT2D eigenvalue weighted by atomic mass is 9.78. The highest BCUT2D eigenvalue weighted by atomic mass is 16.5. The number of nitrogens with one attached hydrogen (secondary N) is 2. The first-order valence-corrected chi connectivity index (χ1v) is 18.8. The molecule has 8 N–H and O–H groups in total. The number of ether oxygens (including phenoxy) is 2. The third-order valence-electron chi connectivity index (χ3n) is 9.80. The Morgan fingerprint density at radius 3 is 1.11 bits per heavy atom. The summed E-state index contributed by atoms with van der Waals surface area (Å²) in [7, 11) is 0. The predicted octanol–water partition coefficient (Wildman–Crippen LogP) is 8.06. The van der Waals surface area contributed by atoms with E-state index in [1.807, 2.05) is 97.1 Å². The van der Waals surface area contributed by atoms with Crippen molar-refractivity contribution in [1.29, 1.82) is 0 Å². The molecule has 2 unspecified atom stereocenters. The van der Waals surface area contributed by atoms with Crippen LogP contribution in [0.3, 0.4) is 0 Å². The average Bonchev–Trinajstić information content (AvgIpc) is 3.21. The Balaban J connectivity index is 0.896. The average molecular weight is 737 g/mol. The molecule has 55 heavy (non-hydrogen) atoms. The summed E-state index contributed by atoms with van der Waals surface area (Å²) in [5.74, 6) is 1.41. The molecule has 0 amide bonds. The first-order chi connectivity index (χ1) is 26.6. The number of rotatable bonds is 18. The molecule has 284 valence electrons. The lowest BCUT2D eigenvalue weighted by Gasteiger charge is -2.26. The van der Waals surface area contributed by atoms with Crippen molar-refractivity contribution in [2.24, 2.45) is 0 Å². The standard InChI is InChI=1S/C47H52N4O4/c1-47(2,37-11-23-45(24-12-37)54-31-43(52)29-50-41-19-7-35(8-20-41)27-33-3-15-39(48)16-4-33)38-13-25-46(26-14-38)55-32-44(53)30-51-42-21-9-36(10-22-42)28-34-5-17-40(49)18-6-34/h3-26,43-44,50-53H,27-32,48-49H2,1-2H3. The van der Waals surface area contributed by atoms with Crippen LogP contribution in [-0.2, 0) is 18.3 Å². The number of hydrogen-bond acceptors (Lipinski definition) is 8. The highest BCUT2D eigenvalue weighted by molar-refractivity contribution is 5.48. The van der Waals surface area contributed by atoms with E-state index in [0.717, 1.165) is 46.7 Å². The maximum absolute atomic E-state index is 10.6. The Morgan fingerprint density at radius 2 is 0.782 bits per heavy atom. The summed E-state index contributed by atoms with van der Waals surface area (Å²) in [5.41, 5.74) is 21.8. The minimum atomic E-state index is -0.673. The first-order valence-electron chi connectivity index (χ1n) is 18.8. The van der Waals surface area contributed by atoms with Gasteiger partial charge in [-0.3, -0.25) is 0 Å². The molecule has 0 aliphatic carbocycles. The first kappa shape index (κ1) is 38.8. The monoisotopic (exact) mass is 736 g/mol. The maximum atomic E-state index is 10.6. The number of nitrogen functional groups attached to an aromatic ring is 2. The second-order valence-electron chi connectivity index (χ2n) is 14.6. The topological polar surface area (TPSA) is 135 Å². The second-order valence-corrected chi connectivity index (χ2v) is 14.6. The van der Waals surface area contributed by atoms with E-state index in [2.05, 4.69) is 73.0 Å². The number of hydrogen-bond donors (Lipinski definition) is 6. The molecule has 0 aliphatic heterocycles. The van der Waals surface area contributed by atoms with Crippen molar-refractivity contribution in [2.75, 3.05) is 48.4 Å². The Morgan fingerprint density at radius 1 is 0.473 bits per heavy atom.